The molecule has 2 fully saturated rings. The monoisotopic (exact) mass is 375 g/mol. The molecule has 1 aromatic rings. The number of carboxylic acid groups (broad SMARTS) is 1. The fourth-order valence-electron chi connectivity index (χ4n) is 3.56. The van der Waals surface area contributed by atoms with Gasteiger partial charge in [-0.15, -0.1) is 11.3 Å². The zero-order valence-corrected chi connectivity index (χ0v) is 14.7. The number of carbonyl (C=O) groups is 2. The van der Waals surface area contributed by atoms with Crippen molar-refractivity contribution in [1.29, 1.82) is 0 Å². The number of hydrogen-bond donors (Lipinski definition) is 1. The number of fused-ring (bicyclic) bond motifs is 2. The zero-order chi connectivity index (χ0) is 17.6. The number of carboxylic acids is 1. The van der Waals surface area contributed by atoms with Crippen molar-refractivity contribution in [3.63, 3.8) is 0 Å². The third-order valence-electron chi connectivity index (χ3n) is 4.57. The Morgan fingerprint density at radius 1 is 1.33 bits per heavy atom. The fourth-order valence-corrected chi connectivity index (χ4v) is 7.06. The first-order valence-corrected chi connectivity index (χ1v) is 9.59. The lowest BCUT2D eigenvalue weighted by Gasteiger charge is -2.22. The van der Waals surface area contributed by atoms with Crippen molar-refractivity contribution in [2.24, 2.45) is 5.92 Å². The second-order valence-electron chi connectivity index (χ2n) is 5.77. The molecular formula is C14H17NO7S2. The molecule has 0 aromatic carbocycles. The number of methoxy groups -OCH3 is 2. The maximum Gasteiger partial charge on any atom is 0.348 e. The van der Waals surface area contributed by atoms with E-state index in [1.165, 1.54) is 24.6 Å². The molecule has 132 valence electrons. The number of ether oxygens (including phenoxy) is 2. The molecule has 0 spiro atoms. The molecule has 2 saturated heterocycles. The second-order valence-corrected chi connectivity index (χ2v) is 8.86. The lowest BCUT2D eigenvalue weighted by atomic mass is 9.89. The minimum atomic E-state index is -3.95. The van der Waals surface area contributed by atoms with Gasteiger partial charge in [0.25, 0.3) is 10.0 Å². The maximum absolute atomic E-state index is 13.1. The van der Waals surface area contributed by atoms with Crippen LogP contribution in [0.25, 0.3) is 0 Å². The molecule has 1 aromatic heterocycles. The van der Waals surface area contributed by atoms with E-state index in [9.17, 15) is 23.1 Å². The third-order valence-corrected chi connectivity index (χ3v) is 8.14. The normalized spacial score (nSPS) is 26.5. The summed E-state index contributed by atoms with van der Waals surface area (Å²) in [6.07, 6.45) is 1.49. The van der Waals surface area contributed by atoms with Crippen molar-refractivity contribution < 1.29 is 32.6 Å². The van der Waals surface area contributed by atoms with Crippen molar-refractivity contribution in [1.82, 2.24) is 4.31 Å². The predicted molar refractivity (Wildman–Crippen MR) is 83.8 cm³/mol. The Balaban J connectivity index is 2.01. The highest BCUT2D eigenvalue weighted by Gasteiger charge is 2.55. The summed E-state index contributed by atoms with van der Waals surface area (Å²) in [6, 6.07) is 0.455. The molecule has 8 nitrogen and oxygen atoms in total. The highest BCUT2D eigenvalue weighted by atomic mass is 32.2. The van der Waals surface area contributed by atoms with Crippen LogP contribution in [0.3, 0.4) is 0 Å². The molecule has 3 heterocycles. The van der Waals surface area contributed by atoms with Crippen LogP contribution >= 0.6 is 11.3 Å². The zero-order valence-electron chi connectivity index (χ0n) is 13.1. The van der Waals surface area contributed by atoms with Crippen LogP contribution in [0.2, 0.25) is 0 Å². The first-order valence-electron chi connectivity index (χ1n) is 7.33. The van der Waals surface area contributed by atoms with Gasteiger partial charge in [-0.2, -0.15) is 4.31 Å². The summed E-state index contributed by atoms with van der Waals surface area (Å²) in [6.45, 7) is 0. The van der Waals surface area contributed by atoms with E-state index in [2.05, 4.69) is 4.74 Å². The van der Waals surface area contributed by atoms with Crippen LogP contribution < -0.4 is 4.74 Å². The Morgan fingerprint density at radius 2 is 2.04 bits per heavy atom. The Kier molecular flexibility index (Phi) is 4.30. The van der Waals surface area contributed by atoms with Crippen molar-refractivity contribution >= 4 is 33.3 Å². The van der Waals surface area contributed by atoms with Crippen LogP contribution in [0.5, 0.6) is 5.75 Å². The smallest absolute Gasteiger partial charge is 0.348 e. The van der Waals surface area contributed by atoms with Gasteiger partial charge in [0.05, 0.1) is 20.1 Å². The number of esters is 1. The number of carbonyl (C=O) groups excluding carboxylic acids is 1. The Labute approximate surface area is 143 Å². The van der Waals surface area contributed by atoms with Gasteiger partial charge in [0, 0.05) is 18.2 Å². The number of hydrogen-bond acceptors (Lipinski definition) is 7. The molecule has 3 atom stereocenters. The van der Waals surface area contributed by atoms with E-state index in [-0.39, 0.29) is 20.9 Å². The molecular weight excluding hydrogens is 358 g/mol. The van der Waals surface area contributed by atoms with E-state index < -0.39 is 33.9 Å². The van der Waals surface area contributed by atoms with E-state index in [1.54, 1.807) is 0 Å². The minimum absolute atomic E-state index is 0.0681. The fraction of sp³-hybridized carbons (Fsp3) is 0.571. The van der Waals surface area contributed by atoms with Crippen molar-refractivity contribution in [3.05, 3.63) is 10.9 Å². The number of sulfonamides is 1. The lowest BCUT2D eigenvalue weighted by Crippen LogP contribution is -2.37. The quantitative estimate of drug-likeness (QED) is 0.769. The molecule has 24 heavy (non-hydrogen) atoms. The molecule has 0 radical (unpaired) electrons. The van der Waals surface area contributed by atoms with E-state index in [1.807, 2.05) is 0 Å². The molecule has 10 heteroatoms. The van der Waals surface area contributed by atoms with Gasteiger partial charge in [-0.25, -0.2) is 13.2 Å². The summed E-state index contributed by atoms with van der Waals surface area (Å²) in [5, 5.41) is 9.29. The van der Waals surface area contributed by atoms with Crippen LogP contribution in [0.1, 0.15) is 28.9 Å². The van der Waals surface area contributed by atoms with Crippen LogP contribution in [0.15, 0.2) is 10.3 Å². The Hall–Kier alpha value is -1.65. The van der Waals surface area contributed by atoms with Crippen molar-refractivity contribution in [2.45, 2.75) is 35.6 Å². The van der Waals surface area contributed by atoms with E-state index in [0.717, 1.165) is 11.3 Å². The Bertz CT molecular complexity index is 785. The topological polar surface area (TPSA) is 110 Å². The lowest BCUT2D eigenvalue weighted by molar-refractivity contribution is -0.142. The van der Waals surface area contributed by atoms with Gasteiger partial charge < -0.3 is 14.6 Å². The standard InChI is InChI=1S/C14H17NO7S2/c1-21-10-6-11(13(18)22-2)23-14(10)24(19,20)15-7-3-4-9(15)8(5-7)12(16)17/h6-9H,3-5H2,1-2H3,(H,16,17). The number of thiophene rings is 1. The van der Waals surface area contributed by atoms with Gasteiger partial charge in [0.1, 0.15) is 4.88 Å². The molecule has 0 saturated carbocycles. The minimum Gasteiger partial charge on any atom is -0.494 e. The van der Waals surface area contributed by atoms with Gasteiger partial charge in [0.15, 0.2) is 9.96 Å². The molecule has 3 rings (SSSR count). The molecule has 1 N–H and O–H groups in total. The van der Waals surface area contributed by atoms with Gasteiger partial charge in [-0.3, -0.25) is 4.79 Å². The molecule has 2 bridgehead atoms. The van der Waals surface area contributed by atoms with Gasteiger partial charge >= 0.3 is 11.9 Å². The third kappa shape index (κ3) is 2.49. The summed E-state index contributed by atoms with van der Waals surface area (Å²) < 4.78 is 37.1. The van der Waals surface area contributed by atoms with E-state index in [4.69, 9.17) is 4.74 Å². The molecule has 2 aliphatic rings. The summed E-state index contributed by atoms with van der Waals surface area (Å²) in [7, 11) is -1.42. The number of nitrogens with zero attached hydrogens (tertiary/aromatic N) is 1. The predicted octanol–water partition coefficient (Wildman–Crippen LogP) is 1.17. The highest BCUT2D eigenvalue weighted by molar-refractivity contribution is 7.91. The summed E-state index contributed by atoms with van der Waals surface area (Å²) in [5.74, 6) is -2.24. The summed E-state index contributed by atoms with van der Waals surface area (Å²) >= 11 is 0.775. The maximum atomic E-state index is 13.1. The van der Waals surface area contributed by atoms with Gasteiger partial charge in [-0.05, 0) is 19.3 Å². The van der Waals surface area contributed by atoms with E-state index in [0.29, 0.717) is 19.3 Å². The largest absolute Gasteiger partial charge is 0.494 e. The van der Waals surface area contributed by atoms with Gasteiger partial charge in [-0.1, -0.05) is 0 Å². The molecule has 0 aliphatic carbocycles. The van der Waals surface area contributed by atoms with Crippen LogP contribution in [0.4, 0.5) is 0 Å². The van der Waals surface area contributed by atoms with Crippen molar-refractivity contribution in [3.8, 4) is 5.75 Å². The first kappa shape index (κ1) is 17.2. The average Bonchev–Trinajstić information content (AvgIpc) is 3.25. The SMILES string of the molecule is COC(=O)c1cc(OC)c(S(=O)(=O)N2C3CCC2C(C(=O)O)C3)s1. The van der Waals surface area contributed by atoms with Gasteiger partial charge in [0.2, 0.25) is 0 Å². The summed E-state index contributed by atoms with van der Waals surface area (Å²) in [4.78, 5) is 23.1. The highest BCUT2D eigenvalue weighted by Crippen LogP contribution is 2.47. The number of rotatable bonds is 5. The number of aliphatic carboxylic acids is 1. The molecule has 2 aliphatic heterocycles. The first-order chi connectivity index (χ1) is 11.3. The Morgan fingerprint density at radius 3 is 2.58 bits per heavy atom. The summed E-state index contributed by atoms with van der Waals surface area (Å²) in [5.41, 5.74) is 0. The van der Waals surface area contributed by atoms with Crippen LogP contribution in [-0.4, -0.2) is 56.1 Å². The molecule has 3 unspecified atom stereocenters. The van der Waals surface area contributed by atoms with Crippen molar-refractivity contribution in [2.75, 3.05) is 14.2 Å². The average molecular weight is 375 g/mol. The van der Waals surface area contributed by atoms with Crippen LogP contribution in [0, 0.1) is 5.92 Å². The van der Waals surface area contributed by atoms with Crippen LogP contribution in [-0.2, 0) is 19.6 Å². The molecule has 0 amide bonds. The van der Waals surface area contributed by atoms with E-state index >= 15 is 0 Å². The second kappa shape index (κ2) is 6.01.